The smallest absolute Gasteiger partial charge is 0.331 e. The lowest BCUT2D eigenvalue weighted by Crippen LogP contribution is -2.65. The second-order valence-corrected chi connectivity index (χ2v) is 15.9. The van der Waals surface area contributed by atoms with Crippen LogP contribution in [-0.4, -0.2) is 140 Å². The molecule has 276 valence electrons. The fraction of sp³-hybridized carbons (Fsp3) is 0.857. The molecule has 49 heavy (non-hydrogen) atoms. The molecule has 0 aromatic carbocycles. The number of allylic oxidation sites excluding steroid dienone is 1. The third-order valence-corrected chi connectivity index (χ3v) is 13.7. The summed E-state index contributed by atoms with van der Waals surface area (Å²) in [6.45, 7) is 3.49. The number of rotatable bonds is 7. The first-order chi connectivity index (χ1) is 23.3. The SMILES string of the molecule is CC12CCC(OC3OC(CO)C(OC4OC(CO)C(O)C(O)C4O)C(O)C3O)CC1=CCC1C2CCC2(C)C(C3=CC(=O)OC3)CCC12O. The molecule has 7 aliphatic rings. The van der Waals surface area contributed by atoms with Crippen LogP contribution in [0.4, 0.5) is 0 Å². The third-order valence-electron chi connectivity index (χ3n) is 13.7. The molecule has 3 aliphatic heterocycles. The first-order valence-corrected chi connectivity index (χ1v) is 17.8. The van der Waals surface area contributed by atoms with E-state index in [1.54, 1.807) is 6.08 Å². The van der Waals surface area contributed by atoms with E-state index in [-0.39, 0.29) is 40.7 Å². The largest absolute Gasteiger partial charge is 0.458 e. The van der Waals surface area contributed by atoms with E-state index in [9.17, 15) is 45.6 Å². The average Bonchev–Trinajstić information content (AvgIpc) is 3.63. The summed E-state index contributed by atoms with van der Waals surface area (Å²) in [4.78, 5) is 11.9. The van der Waals surface area contributed by atoms with E-state index in [0.717, 1.165) is 37.7 Å². The lowest BCUT2D eigenvalue weighted by Gasteiger charge is -2.61. The van der Waals surface area contributed by atoms with Crippen molar-refractivity contribution >= 4 is 5.97 Å². The van der Waals surface area contributed by atoms with Crippen LogP contribution in [0.3, 0.4) is 0 Å². The summed E-state index contributed by atoms with van der Waals surface area (Å²) in [5, 5.41) is 84.8. The molecule has 8 N–H and O–H groups in total. The van der Waals surface area contributed by atoms with E-state index < -0.39 is 80.2 Å². The van der Waals surface area contributed by atoms with E-state index in [1.807, 2.05) is 0 Å². The van der Waals surface area contributed by atoms with Gasteiger partial charge in [-0.05, 0) is 80.1 Å². The van der Waals surface area contributed by atoms with E-state index >= 15 is 0 Å². The lowest BCUT2D eigenvalue weighted by atomic mass is 9.45. The highest BCUT2D eigenvalue weighted by atomic mass is 16.7. The molecule has 0 aromatic heterocycles. The van der Waals surface area contributed by atoms with Crippen LogP contribution in [0, 0.1) is 28.6 Å². The van der Waals surface area contributed by atoms with Crippen molar-refractivity contribution in [2.24, 2.45) is 28.6 Å². The van der Waals surface area contributed by atoms with Crippen LogP contribution in [0.15, 0.2) is 23.3 Å². The Morgan fingerprint density at radius 2 is 1.51 bits per heavy atom. The third kappa shape index (κ3) is 5.66. The van der Waals surface area contributed by atoms with Gasteiger partial charge in [0.1, 0.15) is 55.4 Å². The van der Waals surface area contributed by atoms with E-state index in [0.29, 0.717) is 25.9 Å². The minimum Gasteiger partial charge on any atom is -0.458 e. The highest BCUT2D eigenvalue weighted by Gasteiger charge is 2.67. The van der Waals surface area contributed by atoms with Crippen LogP contribution >= 0.6 is 0 Å². The van der Waals surface area contributed by atoms with Crippen LogP contribution in [0.2, 0.25) is 0 Å². The van der Waals surface area contributed by atoms with Gasteiger partial charge < -0.3 is 64.5 Å². The van der Waals surface area contributed by atoms with Crippen molar-refractivity contribution in [3.8, 4) is 0 Å². The molecule has 17 atom stereocenters. The molecular formula is C35H52O14. The molecule has 2 saturated heterocycles. The molecule has 7 rings (SSSR count). The van der Waals surface area contributed by atoms with Crippen molar-refractivity contribution in [3.05, 3.63) is 23.3 Å². The number of fused-ring (bicyclic) bond motifs is 5. The summed E-state index contributed by atoms with van der Waals surface area (Å²) in [5.41, 5.74) is 0.921. The summed E-state index contributed by atoms with van der Waals surface area (Å²) in [6, 6.07) is 0. The molecule has 3 heterocycles. The van der Waals surface area contributed by atoms with Gasteiger partial charge in [0.05, 0.1) is 24.9 Å². The Bertz CT molecular complexity index is 1320. The van der Waals surface area contributed by atoms with Crippen molar-refractivity contribution in [1.82, 2.24) is 0 Å². The van der Waals surface area contributed by atoms with Gasteiger partial charge in [0.2, 0.25) is 0 Å². The Balaban J connectivity index is 1.01. The molecular weight excluding hydrogens is 644 g/mol. The molecule has 3 saturated carbocycles. The number of ether oxygens (including phenoxy) is 5. The van der Waals surface area contributed by atoms with E-state index in [1.165, 1.54) is 5.57 Å². The lowest BCUT2D eigenvalue weighted by molar-refractivity contribution is -0.363. The summed E-state index contributed by atoms with van der Waals surface area (Å²) in [7, 11) is 0. The van der Waals surface area contributed by atoms with Gasteiger partial charge in [0.25, 0.3) is 0 Å². The predicted molar refractivity (Wildman–Crippen MR) is 167 cm³/mol. The molecule has 5 fully saturated rings. The number of aliphatic hydroxyl groups excluding tert-OH is 7. The van der Waals surface area contributed by atoms with Gasteiger partial charge in [-0.25, -0.2) is 4.79 Å². The predicted octanol–water partition coefficient (Wildman–Crippen LogP) is -0.827. The van der Waals surface area contributed by atoms with Crippen molar-refractivity contribution in [2.75, 3.05) is 19.8 Å². The summed E-state index contributed by atoms with van der Waals surface area (Å²) >= 11 is 0. The summed E-state index contributed by atoms with van der Waals surface area (Å²) in [5.74, 6) is 0.187. The number of esters is 1. The number of hydrogen-bond donors (Lipinski definition) is 8. The van der Waals surface area contributed by atoms with Gasteiger partial charge in [0.15, 0.2) is 12.6 Å². The van der Waals surface area contributed by atoms with Crippen LogP contribution in [0.5, 0.6) is 0 Å². The minimum absolute atomic E-state index is 0.0886. The van der Waals surface area contributed by atoms with Crippen molar-refractivity contribution in [2.45, 2.75) is 138 Å². The van der Waals surface area contributed by atoms with E-state index in [2.05, 4.69) is 19.9 Å². The monoisotopic (exact) mass is 696 g/mol. The Hall–Kier alpha value is -1.53. The second kappa shape index (κ2) is 13.2. The number of aliphatic hydroxyl groups is 8. The Kier molecular flexibility index (Phi) is 9.62. The van der Waals surface area contributed by atoms with Gasteiger partial charge in [-0.2, -0.15) is 0 Å². The molecule has 0 bridgehead atoms. The molecule has 17 unspecified atom stereocenters. The van der Waals surface area contributed by atoms with Gasteiger partial charge >= 0.3 is 5.97 Å². The number of carbonyl (C=O) groups excluding carboxylic acids is 1. The van der Waals surface area contributed by atoms with Crippen molar-refractivity contribution < 1.29 is 69.3 Å². The molecule has 14 nitrogen and oxygen atoms in total. The number of hydrogen-bond acceptors (Lipinski definition) is 14. The highest BCUT2D eigenvalue weighted by molar-refractivity contribution is 5.85. The Morgan fingerprint density at radius 1 is 0.816 bits per heavy atom. The average molecular weight is 697 g/mol. The summed E-state index contributed by atoms with van der Waals surface area (Å²) in [6.07, 6.45) is -5.35. The van der Waals surface area contributed by atoms with Crippen molar-refractivity contribution in [1.29, 1.82) is 0 Å². The maximum absolute atomic E-state index is 12.5. The van der Waals surface area contributed by atoms with Gasteiger partial charge in [0, 0.05) is 11.5 Å². The molecule has 4 aliphatic carbocycles. The fourth-order valence-corrected chi connectivity index (χ4v) is 10.8. The topological polar surface area (TPSA) is 225 Å². The highest BCUT2D eigenvalue weighted by Crippen LogP contribution is 2.69. The van der Waals surface area contributed by atoms with Crippen molar-refractivity contribution in [3.63, 3.8) is 0 Å². The van der Waals surface area contributed by atoms with Gasteiger partial charge in [-0.15, -0.1) is 0 Å². The maximum atomic E-state index is 12.5. The molecule has 0 radical (unpaired) electrons. The molecule has 0 spiro atoms. The molecule has 14 heteroatoms. The van der Waals surface area contributed by atoms with Crippen LogP contribution < -0.4 is 0 Å². The minimum atomic E-state index is -1.74. The Morgan fingerprint density at radius 3 is 2.20 bits per heavy atom. The maximum Gasteiger partial charge on any atom is 0.331 e. The molecule has 0 aromatic rings. The first kappa shape index (κ1) is 35.9. The fourth-order valence-electron chi connectivity index (χ4n) is 10.8. The number of cyclic esters (lactones) is 1. The van der Waals surface area contributed by atoms with Gasteiger partial charge in [-0.1, -0.05) is 25.5 Å². The van der Waals surface area contributed by atoms with E-state index in [4.69, 9.17) is 23.7 Å². The molecule has 0 amide bonds. The van der Waals surface area contributed by atoms with Crippen LogP contribution in [0.25, 0.3) is 0 Å². The zero-order chi connectivity index (χ0) is 35.0. The second-order valence-electron chi connectivity index (χ2n) is 15.9. The van der Waals surface area contributed by atoms with Gasteiger partial charge in [-0.3, -0.25) is 0 Å². The normalized spacial score (nSPS) is 52.8. The number of carbonyl (C=O) groups is 1. The van der Waals surface area contributed by atoms with Crippen LogP contribution in [0.1, 0.15) is 65.2 Å². The first-order valence-electron chi connectivity index (χ1n) is 17.8. The quantitative estimate of drug-likeness (QED) is 0.120. The van der Waals surface area contributed by atoms with Crippen LogP contribution in [-0.2, 0) is 28.5 Å². The standard InChI is InChI=1S/C35H52O14/c1-33-8-5-18(46-31-29(43)27(41)30(23(14-37)48-31)49-32-28(42)26(40)25(39)22(13-36)47-32)12-17(33)3-4-21-20(33)6-9-34(2)19(7-10-35(21,34)44)16-11-24(38)45-15-16/h3,11,18-23,25-32,36-37,39-44H,4-10,12-15H2,1-2H3. The zero-order valence-corrected chi connectivity index (χ0v) is 28.0. The summed E-state index contributed by atoms with van der Waals surface area (Å²) < 4.78 is 28.5. The Labute approximate surface area is 285 Å². The zero-order valence-electron chi connectivity index (χ0n) is 28.0.